The Morgan fingerprint density at radius 1 is 1.10 bits per heavy atom. The van der Waals surface area contributed by atoms with Gasteiger partial charge >= 0.3 is 5.97 Å². The number of aryl methyl sites for hydroxylation is 1. The highest BCUT2D eigenvalue weighted by Crippen LogP contribution is 2.33. The molecule has 0 aliphatic carbocycles. The highest BCUT2D eigenvalue weighted by atomic mass is 32.2. The maximum absolute atomic E-state index is 11.6. The summed E-state index contributed by atoms with van der Waals surface area (Å²) >= 11 is 3.16. The second-order valence-corrected chi connectivity index (χ2v) is 6.97. The largest absolute Gasteiger partial charge is 0.478 e. The van der Waals surface area contributed by atoms with Crippen LogP contribution >= 0.6 is 23.5 Å². The van der Waals surface area contributed by atoms with Crippen molar-refractivity contribution in [2.45, 2.75) is 29.4 Å². The Balaban J connectivity index is 2.23. The van der Waals surface area contributed by atoms with Gasteiger partial charge in [0, 0.05) is 15.5 Å². The molecule has 0 heterocycles. The van der Waals surface area contributed by atoms with Crippen molar-refractivity contribution >= 4 is 29.5 Å². The molecule has 0 fully saturated rings. The molecule has 21 heavy (non-hydrogen) atoms. The Bertz CT molecular complexity index is 638. The van der Waals surface area contributed by atoms with Crippen molar-refractivity contribution in [1.82, 2.24) is 0 Å². The standard InChI is InChI=1S/C17H18O2S2/c1-3-20-14-8-5-9-15(16(14)17(18)19)21-11-13-7-4-6-12(2)10-13/h4-10H,3,11H2,1-2H3,(H,18,19). The number of carbonyl (C=O) groups is 1. The molecule has 0 saturated heterocycles. The number of benzene rings is 2. The van der Waals surface area contributed by atoms with Gasteiger partial charge in [0.1, 0.15) is 0 Å². The molecule has 0 bridgehead atoms. The summed E-state index contributed by atoms with van der Waals surface area (Å²) in [5.41, 5.74) is 2.87. The Morgan fingerprint density at radius 3 is 2.38 bits per heavy atom. The van der Waals surface area contributed by atoms with E-state index in [0.717, 1.165) is 21.3 Å². The lowest BCUT2D eigenvalue weighted by Crippen LogP contribution is -2.01. The molecular weight excluding hydrogens is 300 g/mol. The summed E-state index contributed by atoms with van der Waals surface area (Å²) in [4.78, 5) is 13.2. The quantitative estimate of drug-likeness (QED) is 0.752. The van der Waals surface area contributed by atoms with E-state index in [2.05, 4.69) is 25.1 Å². The van der Waals surface area contributed by atoms with Crippen LogP contribution in [0.2, 0.25) is 0 Å². The number of hydrogen-bond acceptors (Lipinski definition) is 3. The van der Waals surface area contributed by atoms with Crippen molar-refractivity contribution in [3.8, 4) is 0 Å². The number of rotatable bonds is 6. The van der Waals surface area contributed by atoms with Crippen LogP contribution in [0.1, 0.15) is 28.4 Å². The van der Waals surface area contributed by atoms with Gasteiger partial charge in [-0.05, 0) is 30.4 Å². The van der Waals surface area contributed by atoms with Gasteiger partial charge in [-0.2, -0.15) is 0 Å². The molecule has 0 aliphatic rings. The van der Waals surface area contributed by atoms with Crippen molar-refractivity contribution in [3.05, 3.63) is 59.2 Å². The molecule has 2 nitrogen and oxygen atoms in total. The predicted molar refractivity (Wildman–Crippen MR) is 90.5 cm³/mol. The van der Waals surface area contributed by atoms with Crippen molar-refractivity contribution < 1.29 is 9.90 Å². The third-order valence-corrected chi connectivity index (χ3v) is 5.05. The molecule has 4 heteroatoms. The van der Waals surface area contributed by atoms with Gasteiger partial charge in [-0.25, -0.2) is 4.79 Å². The minimum atomic E-state index is -0.849. The maximum atomic E-state index is 11.6. The molecule has 0 amide bonds. The smallest absolute Gasteiger partial charge is 0.337 e. The van der Waals surface area contributed by atoms with Crippen LogP contribution in [-0.4, -0.2) is 16.8 Å². The van der Waals surface area contributed by atoms with Crippen LogP contribution in [0.15, 0.2) is 52.3 Å². The van der Waals surface area contributed by atoms with Gasteiger partial charge in [-0.3, -0.25) is 0 Å². The first-order chi connectivity index (χ1) is 10.1. The molecule has 0 unspecified atom stereocenters. The van der Waals surface area contributed by atoms with Crippen molar-refractivity contribution in [2.75, 3.05) is 5.75 Å². The number of hydrogen-bond donors (Lipinski definition) is 1. The van der Waals surface area contributed by atoms with Gasteiger partial charge in [0.25, 0.3) is 0 Å². The summed E-state index contributed by atoms with van der Waals surface area (Å²) < 4.78 is 0. The van der Waals surface area contributed by atoms with Crippen LogP contribution in [0.4, 0.5) is 0 Å². The van der Waals surface area contributed by atoms with Crippen LogP contribution in [-0.2, 0) is 5.75 Å². The summed E-state index contributed by atoms with van der Waals surface area (Å²) in [5, 5.41) is 9.49. The van der Waals surface area contributed by atoms with Crippen LogP contribution in [0, 0.1) is 6.92 Å². The molecule has 0 saturated carbocycles. The molecule has 0 aliphatic heterocycles. The van der Waals surface area contributed by atoms with E-state index >= 15 is 0 Å². The van der Waals surface area contributed by atoms with E-state index in [9.17, 15) is 9.90 Å². The molecule has 2 rings (SSSR count). The zero-order chi connectivity index (χ0) is 15.2. The van der Waals surface area contributed by atoms with E-state index in [1.807, 2.05) is 31.2 Å². The van der Waals surface area contributed by atoms with E-state index in [-0.39, 0.29) is 0 Å². The first-order valence-electron chi connectivity index (χ1n) is 6.79. The summed E-state index contributed by atoms with van der Waals surface area (Å²) in [6.07, 6.45) is 0. The van der Waals surface area contributed by atoms with Crippen LogP contribution in [0.3, 0.4) is 0 Å². The lowest BCUT2D eigenvalue weighted by Gasteiger charge is -2.10. The molecule has 1 N–H and O–H groups in total. The van der Waals surface area contributed by atoms with Gasteiger partial charge in [0.05, 0.1) is 5.56 Å². The zero-order valence-corrected chi connectivity index (χ0v) is 13.8. The van der Waals surface area contributed by atoms with Crippen LogP contribution in [0.25, 0.3) is 0 Å². The minimum Gasteiger partial charge on any atom is -0.478 e. The Labute approximate surface area is 134 Å². The second kappa shape index (κ2) is 7.57. The van der Waals surface area contributed by atoms with E-state index < -0.39 is 5.97 Å². The molecule has 2 aromatic carbocycles. The van der Waals surface area contributed by atoms with Gasteiger partial charge in [-0.15, -0.1) is 23.5 Å². The zero-order valence-electron chi connectivity index (χ0n) is 12.1. The van der Waals surface area contributed by atoms with Gasteiger partial charge in [-0.1, -0.05) is 42.8 Å². The molecule has 0 atom stereocenters. The second-order valence-electron chi connectivity index (χ2n) is 4.65. The third-order valence-electron chi connectivity index (χ3n) is 2.98. The summed E-state index contributed by atoms with van der Waals surface area (Å²) in [7, 11) is 0. The number of carboxylic acids is 1. The minimum absolute atomic E-state index is 0.432. The van der Waals surface area contributed by atoms with Crippen LogP contribution in [0.5, 0.6) is 0 Å². The fourth-order valence-corrected chi connectivity index (χ4v) is 3.99. The fourth-order valence-electron chi connectivity index (χ4n) is 2.08. The Hall–Kier alpha value is -1.39. The predicted octanol–water partition coefficient (Wildman–Crippen LogP) is 5.10. The average Bonchev–Trinajstić information content (AvgIpc) is 2.45. The van der Waals surface area contributed by atoms with Gasteiger partial charge in [0.2, 0.25) is 0 Å². The van der Waals surface area contributed by atoms with Crippen molar-refractivity contribution in [1.29, 1.82) is 0 Å². The molecular formula is C17H18O2S2. The lowest BCUT2D eigenvalue weighted by atomic mass is 10.2. The third kappa shape index (κ3) is 4.29. The molecule has 0 spiro atoms. The normalized spacial score (nSPS) is 10.6. The topological polar surface area (TPSA) is 37.3 Å². The molecule has 0 aromatic heterocycles. The van der Waals surface area contributed by atoms with Gasteiger partial charge < -0.3 is 5.11 Å². The molecule has 2 aromatic rings. The van der Waals surface area contributed by atoms with Crippen LogP contribution < -0.4 is 0 Å². The molecule has 0 radical (unpaired) electrons. The van der Waals surface area contributed by atoms with E-state index in [4.69, 9.17) is 0 Å². The Morgan fingerprint density at radius 2 is 1.76 bits per heavy atom. The highest BCUT2D eigenvalue weighted by Gasteiger charge is 2.15. The first-order valence-corrected chi connectivity index (χ1v) is 8.76. The fraction of sp³-hybridized carbons (Fsp3) is 0.235. The number of thioether (sulfide) groups is 2. The summed E-state index contributed by atoms with van der Waals surface area (Å²) in [6.45, 7) is 4.10. The van der Waals surface area contributed by atoms with Crippen molar-refractivity contribution in [3.63, 3.8) is 0 Å². The van der Waals surface area contributed by atoms with Gasteiger partial charge in [0.15, 0.2) is 0 Å². The number of aromatic carboxylic acids is 1. The van der Waals surface area contributed by atoms with E-state index in [1.165, 1.54) is 11.1 Å². The number of carboxylic acid groups (broad SMARTS) is 1. The Kier molecular flexibility index (Phi) is 5.76. The lowest BCUT2D eigenvalue weighted by molar-refractivity contribution is 0.0689. The molecule has 110 valence electrons. The first kappa shape index (κ1) is 16.0. The summed E-state index contributed by atoms with van der Waals surface area (Å²) in [6, 6.07) is 14.0. The highest BCUT2D eigenvalue weighted by molar-refractivity contribution is 7.99. The SMILES string of the molecule is CCSc1cccc(SCc2cccc(C)c2)c1C(=O)O. The monoisotopic (exact) mass is 318 g/mol. The van der Waals surface area contributed by atoms with E-state index in [1.54, 1.807) is 23.5 Å². The summed E-state index contributed by atoms with van der Waals surface area (Å²) in [5.74, 6) is 0.799. The van der Waals surface area contributed by atoms with Crippen molar-refractivity contribution in [2.24, 2.45) is 0 Å². The average molecular weight is 318 g/mol. The van der Waals surface area contributed by atoms with E-state index in [0.29, 0.717) is 5.56 Å². The maximum Gasteiger partial charge on any atom is 0.337 e.